The van der Waals surface area contributed by atoms with Gasteiger partial charge >= 0.3 is 0 Å². The van der Waals surface area contributed by atoms with Gasteiger partial charge in [-0.25, -0.2) is 0 Å². The number of benzene rings is 1. The molecule has 0 spiro atoms. The first-order chi connectivity index (χ1) is 9.56. The van der Waals surface area contributed by atoms with Gasteiger partial charge in [0.05, 0.1) is 11.1 Å². The van der Waals surface area contributed by atoms with Crippen LogP contribution in [0, 0.1) is 4.84 Å². The van der Waals surface area contributed by atoms with Crippen molar-refractivity contribution in [2.45, 2.75) is 31.3 Å². The number of oxazole rings is 1. The number of rotatable bonds is 3. The summed E-state index contributed by atoms with van der Waals surface area (Å²) in [6, 6.07) is 5.11. The highest BCUT2D eigenvalue weighted by Gasteiger charge is 2.31. The van der Waals surface area contributed by atoms with E-state index in [4.69, 9.17) is 16.6 Å². The third-order valence-electron chi connectivity index (χ3n) is 3.80. The largest absolute Gasteiger partial charge is 0.429 e. The maximum Gasteiger partial charge on any atom is 0.266 e. The Morgan fingerprint density at radius 3 is 2.95 bits per heavy atom. The molecule has 6 heteroatoms. The molecule has 1 saturated carbocycles. The summed E-state index contributed by atoms with van der Waals surface area (Å²) < 4.78 is 5.29. The lowest BCUT2D eigenvalue weighted by atomic mass is 10.0. The predicted molar refractivity (Wildman–Crippen MR) is 77.1 cm³/mol. The van der Waals surface area contributed by atoms with E-state index in [0.29, 0.717) is 17.7 Å². The lowest BCUT2D eigenvalue weighted by Crippen LogP contribution is -2.40. The van der Waals surface area contributed by atoms with Gasteiger partial charge in [0, 0.05) is 12.1 Å². The van der Waals surface area contributed by atoms with Crippen molar-refractivity contribution in [1.29, 1.82) is 0 Å². The van der Waals surface area contributed by atoms with Crippen molar-refractivity contribution < 1.29 is 14.3 Å². The van der Waals surface area contributed by atoms with E-state index >= 15 is 0 Å². The minimum absolute atomic E-state index is 0.213. The molecule has 0 unspecified atom stereocenters. The van der Waals surface area contributed by atoms with E-state index in [1.54, 1.807) is 18.2 Å². The highest BCUT2D eigenvalue weighted by atomic mass is 32.1. The van der Waals surface area contributed by atoms with Crippen LogP contribution in [-0.2, 0) is 0 Å². The first-order valence-electron chi connectivity index (χ1n) is 6.69. The quantitative estimate of drug-likeness (QED) is 0.760. The van der Waals surface area contributed by atoms with Crippen LogP contribution < -0.4 is 5.32 Å². The Labute approximate surface area is 121 Å². The van der Waals surface area contributed by atoms with Crippen molar-refractivity contribution in [2.24, 2.45) is 0 Å². The Morgan fingerprint density at radius 1 is 1.45 bits per heavy atom. The summed E-state index contributed by atoms with van der Waals surface area (Å²) >= 11 is 4.90. The second-order valence-electron chi connectivity index (χ2n) is 5.34. The smallest absolute Gasteiger partial charge is 0.266 e. The lowest BCUT2D eigenvalue weighted by molar-refractivity contribution is 0.0449. The number of amides is 1. The molecule has 1 heterocycles. The molecule has 1 aliphatic carbocycles. The number of carbonyl (C=O) groups is 1. The van der Waals surface area contributed by atoms with Crippen molar-refractivity contribution in [2.75, 3.05) is 6.54 Å². The Hall–Kier alpha value is -1.66. The monoisotopic (exact) mass is 292 g/mol. The van der Waals surface area contributed by atoms with E-state index in [9.17, 15) is 9.90 Å². The standard InChI is InChI=1S/C14H16N2O3S/c17-12(15-8-14(18)5-1-2-6-14)9-3-4-10-11(7-9)19-13(20)16-10/h3-4,7,18H,1-2,5-6,8H2,(H,15,17)(H,16,20). The molecule has 1 aliphatic rings. The van der Waals surface area contributed by atoms with Crippen LogP contribution in [0.2, 0.25) is 0 Å². The van der Waals surface area contributed by atoms with Crippen molar-refractivity contribution in [3.05, 3.63) is 28.6 Å². The van der Waals surface area contributed by atoms with Crippen LogP contribution in [0.15, 0.2) is 22.6 Å². The molecule has 5 nitrogen and oxygen atoms in total. The third-order valence-corrected chi connectivity index (χ3v) is 3.98. The third kappa shape index (κ3) is 2.62. The van der Waals surface area contributed by atoms with Gasteiger partial charge in [-0.3, -0.25) is 4.79 Å². The van der Waals surface area contributed by atoms with E-state index in [-0.39, 0.29) is 10.7 Å². The molecule has 1 aromatic heterocycles. The lowest BCUT2D eigenvalue weighted by Gasteiger charge is -2.22. The van der Waals surface area contributed by atoms with Gasteiger partial charge in [0.2, 0.25) is 0 Å². The molecule has 0 saturated heterocycles. The second kappa shape index (κ2) is 5.03. The van der Waals surface area contributed by atoms with Crippen molar-refractivity contribution in [1.82, 2.24) is 10.3 Å². The molecule has 3 N–H and O–H groups in total. The normalized spacial score (nSPS) is 17.4. The number of H-pyrrole nitrogens is 1. The molecular weight excluding hydrogens is 276 g/mol. The Balaban J connectivity index is 1.73. The summed E-state index contributed by atoms with van der Waals surface area (Å²) in [4.78, 5) is 15.3. The van der Waals surface area contributed by atoms with Gasteiger partial charge in [0.1, 0.15) is 0 Å². The van der Waals surface area contributed by atoms with E-state index in [0.717, 1.165) is 31.2 Å². The van der Waals surface area contributed by atoms with Crippen LogP contribution in [0.5, 0.6) is 0 Å². The van der Waals surface area contributed by atoms with Crippen molar-refractivity contribution in [3.63, 3.8) is 0 Å². The van der Waals surface area contributed by atoms with Crippen LogP contribution in [0.4, 0.5) is 0 Å². The summed E-state index contributed by atoms with van der Waals surface area (Å²) in [6.45, 7) is 0.292. The zero-order valence-electron chi connectivity index (χ0n) is 10.9. The fourth-order valence-electron chi connectivity index (χ4n) is 2.64. The molecule has 0 radical (unpaired) electrons. The number of aromatic amines is 1. The molecule has 106 valence electrons. The van der Waals surface area contributed by atoms with E-state index in [1.807, 2.05) is 0 Å². The van der Waals surface area contributed by atoms with E-state index < -0.39 is 5.60 Å². The van der Waals surface area contributed by atoms with Gasteiger partial charge in [0.25, 0.3) is 10.7 Å². The summed E-state index contributed by atoms with van der Waals surface area (Å²) in [5, 5.41) is 13.0. The summed E-state index contributed by atoms with van der Waals surface area (Å²) in [7, 11) is 0. The Morgan fingerprint density at radius 2 is 2.20 bits per heavy atom. The highest BCUT2D eigenvalue weighted by molar-refractivity contribution is 7.71. The number of carbonyl (C=O) groups excluding carboxylic acids is 1. The first kappa shape index (κ1) is 13.3. The second-order valence-corrected chi connectivity index (χ2v) is 5.71. The Kier molecular flexibility index (Phi) is 3.35. The average molecular weight is 292 g/mol. The average Bonchev–Trinajstić information content (AvgIpc) is 3.00. The molecule has 0 aliphatic heterocycles. The van der Waals surface area contributed by atoms with Gasteiger partial charge in [-0.1, -0.05) is 12.8 Å². The van der Waals surface area contributed by atoms with Crippen molar-refractivity contribution >= 4 is 29.2 Å². The van der Waals surface area contributed by atoms with Gasteiger partial charge in [-0.15, -0.1) is 0 Å². The fraction of sp³-hybridized carbons (Fsp3) is 0.429. The molecule has 2 aromatic rings. The van der Waals surface area contributed by atoms with Crippen molar-refractivity contribution in [3.8, 4) is 0 Å². The molecule has 1 aromatic carbocycles. The molecule has 0 atom stereocenters. The number of fused-ring (bicyclic) bond motifs is 1. The number of nitrogens with one attached hydrogen (secondary N) is 2. The van der Waals surface area contributed by atoms with E-state index in [1.165, 1.54) is 0 Å². The highest BCUT2D eigenvalue weighted by Crippen LogP contribution is 2.28. The van der Waals surface area contributed by atoms with Crippen LogP contribution in [0.1, 0.15) is 36.0 Å². The summed E-state index contributed by atoms with van der Waals surface area (Å²) in [5.41, 5.74) is 1.08. The van der Waals surface area contributed by atoms with Gasteiger partial charge in [-0.05, 0) is 43.3 Å². The van der Waals surface area contributed by atoms with Gasteiger partial charge in [-0.2, -0.15) is 0 Å². The van der Waals surface area contributed by atoms with E-state index in [2.05, 4.69) is 10.3 Å². The maximum atomic E-state index is 12.1. The maximum absolute atomic E-state index is 12.1. The minimum atomic E-state index is -0.744. The molecule has 0 bridgehead atoms. The Bertz CT molecular complexity index is 698. The van der Waals surface area contributed by atoms with Gasteiger partial charge < -0.3 is 19.8 Å². The summed E-state index contributed by atoms with van der Waals surface area (Å²) in [5.74, 6) is -0.213. The fourth-order valence-corrected chi connectivity index (χ4v) is 2.84. The van der Waals surface area contributed by atoms with Crippen LogP contribution in [0.3, 0.4) is 0 Å². The number of hydrogen-bond acceptors (Lipinski definition) is 4. The van der Waals surface area contributed by atoms with Crippen LogP contribution >= 0.6 is 12.2 Å². The molecular formula is C14H16N2O3S. The molecule has 1 amide bonds. The SMILES string of the molecule is O=C(NCC1(O)CCCC1)c1ccc2[nH]c(=S)oc2c1. The topological polar surface area (TPSA) is 78.3 Å². The molecule has 1 fully saturated rings. The zero-order chi connectivity index (χ0) is 14.2. The van der Waals surface area contributed by atoms with Crippen LogP contribution in [0.25, 0.3) is 11.1 Å². The van der Waals surface area contributed by atoms with Crippen LogP contribution in [-0.4, -0.2) is 28.1 Å². The molecule has 3 rings (SSSR count). The number of aliphatic hydroxyl groups is 1. The predicted octanol–water partition coefficient (Wildman–Crippen LogP) is 2.53. The first-order valence-corrected chi connectivity index (χ1v) is 7.10. The minimum Gasteiger partial charge on any atom is -0.429 e. The number of aromatic nitrogens is 1. The molecule has 20 heavy (non-hydrogen) atoms. The number of hydrogen-bond donors (Lipinski definition) is 3. The van der Waals surface area contributed by atoms with Gasteiger partial charge in [0.15, 0.2) is 5.58 Å². The summed E-state index contributed by atoms with van der Waals surface area (Å²) in [6.07, 6.45) is 3.53. The zero-order valence-corrected chi connectivity index (χ0v) is 11.8.